The SMILES string of the molecule is Cc1cc(C)cc(Nc2nccc(-c3c(-c4ccc(C(F)(F)F)cc4)ncn3C3CCN(CCCN(C)CCC(C)(C)OCCC(C)(C)NC(=O)CN4CCC(n5nnc(C)c5-c5cccc(Oc6cc(C)cc(C)c6)n5)CC4)CC3)n2)c1. The summed E-state index contributed by atoms with van der Waals surface area (Å²) in [5.41, 5.74) is 8.89. The quantitative estimate of drug-likeness (QED) is 0.0624. The number of nitrogens with one attached hydrogen (secondary N) is 2. The molecule has 0 radical (unpaired) electrons. The molecule has 9 rings (SSSR count). The third-order valence-corrected chi connectivity index (χ3v) is 15.9. The average molecular weight is 1140 g/mol. The smallest absolute Gasteiger partial charge is 0.416 e. The van der Waals surface area contributed by atoms with E-state index in [0.29, 0.717) is 48.4 Å². The first-order valence-corrected chi connectivity index (χ1v) is 29.2. The molecule has 2 N–H and O–H groups in total. The lowest BCUT2D eigenvalue weighted by atomic mass is 10.00. The van der Waals surface area contributed by atoms with Crippen molar-refractivity contribution in [2.24, 2.45) is 0 Å². The van der Waals surface area contributed by atoms with E-state index in [1.165, 1.54) is 12.1 Å². The number of aryl methyl sites for hydroxylation is 5. The molecule has 0 bridgehead atoms. The van der Waals surface area contributed by atoms with Crippen molar-refractivity contribution in [1.82, 2.24) is 59.5 Å². The number of aromatic nitrogens is 8. The molecule has 1 amide bonds. The molecule has 0 unspecified atom stereocenters. The van der Waals surface area contributed by atoms with Gasteiger partial charge in [-0.25, -0.2) is 24.6 Å². The van der Waals surface area contributed by atoms with Crippen LogP contribution in [0.2, 0.25) is 0 Å². The van der Waals surface area contributed by atoms with Gasteiger partial charge in [-0.3, -0.25) is 9.69 Å². The van der Waals surface area contributed by atoms with Crippen LogP contribution in [0.1, 0.15) is 118 Å². The lowest BCUT2D eigenvalue weighted by molar-refractivity contribution is -0.137. The molecule has 7 aromatic rings. The Morgan fingerprint density at radius 3 is 2.07 bits per heavy atom. The molecular formula is C64H82F3N13O3. The highest BCUT2D eigenvalue weighted by Crippen LogP contribution is 2.38. The molecule has 0 spiro atoms. The van der Waals surface area contributed by atoms with Gasteiger partial charge in [0.1, 0.15) is 11.4 Å². The summed E-state index contributed by atoms with van der Waals surface area (Å²) in [6.07, 6.45) is 5.12. The van der Waals surface area contributed by atoms with Gasteiger partial charge in [-0.2, -0.15) is 13.2 Å². The maximum absolute atomic E-state index is 13.6. The zero-order valence-corrected chi connectivity index (χ0v) is 50.0. The number of ether oxygens (including phenoxy) is 2. The first-order valence-electron chi connectivity index (χ1n) is 29.2. The number of anilines is 2. The summed E-state index contributed by atoms with van der Waals surface area (Å²) in [6, 6.07) is 25.4. The van der Waals surface area contributed by atoms with E-state index in [4.69, 9.17) is 24.4 Å². The van der Waals surface area contributed by atoms with E-state index in [2.05, 4.69) is 106 Å². The number of carbonyl (C=O) groups is 1. The first-order chi connectivity index (χ1) is 39.5. The largest absolute Gasteiger partial charge is 0.439 e. The Morgan fingerprint density at radius 2 is 1.39 bits per heavy atom. The van der Waals surface area contributed by atoms with Crippen molar-refractivity contribution < 1.29 is 27.4 Å². The highest BCUT2D eigenvalue weighted by atomic mass is 19.4. The number of rotatable bonds is 23. The second-order valence-corrected chi connectivity index (χ2v) is 24.2. The number of hydrogen-bond acceptors (Lipinski definition) is 13. The maximum atomic E-state index is 13.6. The molecule has 0 aliphatic carbocycles. The van der Waals surface area contributed by atoms with Gasteiger partial charge in [0.15, 0.2) is 0 Å². The van der Waals surface area contributed by atoms with E-state index < -0.39 is 17.3 Å². The number of piperidine rings is 2. The lowest BCUT2D eigenvalue weighted by Gasteiger charge is -2.34. The van der Waals surface area contributed by atoms with Crippen LogP contribution in [0.3, 0.4) is 0 Å². The number of amides is 1. The number of alkyl halides is 3. The molecule has 19 heteroatoms. The Kier molecular flexibility index (Phi) is 19.1. The molecule has 6 heterocycles. The Labute approximate surface area is 487 Å². The topological polar surface area (TPSA) is 157 Å². The number of likely N-dealkylation sites (tertiary alicyclic amines) is 2. The highest BCUT2D eigenvalue weighted by Gasteiger charge is 2.32. The van der Waals surface area contributed by atoms with E-state index in [1.54, 1.807) is 6.20 Å². The number of nitrogens with zero attached hydrogens (tertiary/aromatic N) is 11. The fourth-order valence-electron chi connectivity index (χ4n) is 11.5. The minimum Gasteiger partial charge on any atom is -0.439 e. The van der Waals surface area contributed by atoms with E-state index in [-0.39, 0.29) is 23.6 Å². The van der Waals surface area contributed by atoms with Gasteiger partial charge < -0.3 is 34.5 Å². The summed E-state index contributed by atoms with van der Waals surface area (Å²) < 4.78 is 57.6. The molecule has 442 valence electrons. The summed E-state index contributed by atoms with van der Waals surface area (Å²) >= 11 is 0. The number of imidazole rings is 1. The summed E-state index contributed by atoms with van der Waals surface area (Å²) in [5, 5.41) is 15.6. The van der Waals surface area contributed by atoms with E-state index in [0.717, 1.165) is 153 Å². The Bertz CT molecular complexity index is 3260. The van der Waals surface area contributed by atoms with Crippen molar-refractivity contribution in [3.8, 4) is 45.7 Å². The van der Waals surface area contributed by atoms with Crippen LogP contribution in [0.5, 0.6) is 11.6 Å². The monoisotopic (exact) mass is 1140 g/mol. The van der Waals surface area contributed by atoms with Gasteiger partial charge in [-0.15, -0.1) is 5.10 Å². The normalized spacial score (nSPS) is 15.3. The van der Waals surface area contributed by atoms with Crippen LogP contribution in [0.4, 0.5) is 24.8 Å². The van der Waals surface area contributed by atoms with Crippen LogP contribution >= 0.6 is 0 Å². The van der Waals surface area contributed by atoms with Crippen LogP contribution in [0.25, 0.3) is 34.0 Å². The summed E-state index contributed by atoms with van der Waals surface area (Å²) in [7, 11) is 2.17. The fourth-order valence-corrected chi connectivity index (χ4v) is 11.5. The van der Waals surface area contributed by atoms with Crippen molar-refractivity contribution >= 4 is 17.5 Å². The average Bonchev–Trinajstić information content (AvgIpc) is 2.87. The van der Waals surface area contributed by atoms with Crippen molar-refractivity contribution in [1.29, 1.82) is 0 Å². The number of halogens is 3. The summed E-state index contributed by atoms with van der Waals surface area (Å²) in [6.45, 7) is 25.6. The maximum Gasteiger partial charge on any atom is 0.416 e. The van der Waals surface area contributed by atoms with Crippen LogP contribution in [0, 0.1) is 34.6 Å². The zero-order chi connectivity index (χ0) is 59.1. The van der Waals surface area contributed by atoms with Crippen molar-refractivity contribution in [3.05, 3.63) is 131 Å². The van der Waals surface area contributed by atoms with E-state index in [9.17, 15) is 18.0 Å². The highest BCUT2D eigenvalue weighted by molar-refractivity contribution is 5.79. The van der Waals surface area contributed by atoms with Gasteiger partial charge in [0.2, 0.25) is 17.7 Å². The number of pyridine rings is 1. The predicted octanol–water partition coefficient (Wildman–Crippen LogP) is 12.5. The van der Waals surface area contributed by atoms with Gasteiger partial charge >= 0.3 is 6.18 Å². The van der Waals surface area contributed by atoms with E-state index >= 15 is 0 Å². The minimum absolute atomic E-state index is 0.0107. The molecule has 0 atom stereocenters. The zero-order valence-electron chi connectivity index (χ0n) is 50.0. The van der Waals surface area contributed by atoms with E-state index in [1.807, 2.05) is 80.3 Å². The van der Waals surface area contributed by atoms with Crippen molar-refractivity contribution in [2.45, 2.75) is 137 Å². The van der Waals surface area contributed by atoms with Gasteiger partial charge in [-0.1, -0.05) is 35.5 Å². The first kappa shape index (κ1) is 60.5. The number of carbonyl (C=O) groups excluding carboxylic acids is 1. The summed E-state index contributed by atoms with van der Waals surface area (Å²) in [5.74, 6) is 1.70. The fraction of sp³-hybridized carbons (Fsp3) is 0.484. The molecule has 16 nitrogen and oxygen atoms in total. The van der Waals surface area contributed by atoms with Crippen LogP contribution < -0.4 is 15.4 Å². The molecular weight excluding hydrogens is 1060 g/mol. The third kappa shape index (κ3) is 16.4. The number of hydrogen-bond donors (Lipinski definition) is 2. The van der Waals surface area contributed by atoms with Crippen LogP contribution in [-0.4, -0.2) is 137 Å². The molecule has 2 aliphatic heterocycles. The summed E-state index contributed by atoms with van der Waals surface area (Å²) in [4.78, 5) is 39.7. The van der Waals surface area contributed by atoms with Gasteiger partial charge in [0, 0.05) is 74.4 Å². The minimum atomic E-state index is -4.44. The molecule has 4 aromatic heterocycles. The predicted molar refractivity (Wildman–Crippen MR) is 320 cm³/mol. The standard InChI is InChI=1S/C64H82F3N13O3/c1-43-35-44(2)38-50(37-43)70-61-68-26-19-55(72-61)60-58(48-15-17-49(18-16-48)64(65,66)67)69-42-79(60)51-20-29-77(30-21-51)28-12-27-76(10)33-24-63(8,9)82-34-25-62(6,7)73-56(81)41-78-31-22-52(23-32-78)80-59(47(5)74-75-80)54-13-11-14-57(71-54)83-53-39-45(3)36-46(4)40-53/h11,13-19,26,35-40,42,51-52H,12,20-25,27-34,41H2,1-10H3,(H,73,81)(H,68,70,72). The Balaban J connectivity index is 0.691. The molecule has 2 saturated heterocycles. The Morgan fingerprint density at radius 1 is 0.735 bits per heavy atom. The Hall–Kier alpha value is -7.06. The van der Waals surface area contributed by atoms with Gasteiger partial charge in [0.25, 0.3) is 0 Å². The third-order valence-electron chi connectivity index (χ3n) is 15.9. The second-order valence-electron chi connectivity index (χ2n) is 24.2. The molecule has 3 aromatic carbocycles. The molecule has 0 saturated carbocycles. The molecule has 83 heavy (non-hydrogen) atoms. The van der Waals surface area contributed by atoms with Crippen molar-refractivity contribution in [2.75, 3.05) is 71.3 Å². The van der Waals surface area contributed by atoms with Crippen molar-refractivity contribution in [3.63, 3.8) is 0 Å². The number of benzene rings is 3. The molecule has 2 fully saturated rings. The van der Waals surface area contributed by atoms with Crippen LogP contribution in [-0.2, 0) is 15.7 Å². The molecule has 2 aliphatic rings. The lowest BCUT2D eigenvalue weighted by Crippen LogP contribution is -2.49. The van der Waals surface area contributed by atoms with Gasteiger partial charge in [-0.05, 0) is 198 Å². The van der Waals surface area contributed by atoms with Gasteiger partial charge in [0.05, 0.1) is 58.5 Å². The second kappa shape index (κ2) is 26.2. The van der Waals surface area contributed by atoms with Crippen LogP contribution in [0.15, 0.2) is 97.5 Å².